The Bertz CT molecular complexity index is 410. The fraction of sp³-hybridized carbons (Fsp3) is 0.588. The van der Waals surface area contributed by atoms with E-state index >= 15 is 0 Å². The van der Waals surface area contributed by atoms with Gasteiger partial charge in [0.1, 0.15) is 5.69 Å². The summed E-state index contributed by atoms with van der Waals surface area (Å²) in [6.07, 6.45) is 8.99. The van der Waals surface area contributed by atoms with Crippen molar-refractivity contribution in [2.24, 2.45) is 17.8 Å². The lowest BCUT2D eigenvalue weighted by molar-refractivity contribution is -0.504. The van der Waals surface area contributed by atoms with E-state index in [0.717, 1.165) is 17.8 Å². The summed E-state index contributed by atoms with van der Waals surface area (Å²) >= 11 is 0. The fourth-order valence-electron chi connectivity index (χ4n) is 5.44. The minimum Gasteiger partial charge on any atom is -0.446 e. The molecule has 0 aliphatic heterocycles. The second-order valence-corrected chi connectivity index (χ2v) is 7.02. The molecule has 0 saturated heterocycles. The van der Waals surface area contributed by atoms with Crippen LogP contribution in [-0.2, 0) is 5.41 Å². The summed E-state index contributed by atoms with van der Waals surface area (Å²) in [5.41, 5.74) is 3.42. The van der Waals surface area contributed by atoms with E-state index in [4.69, 9.17) is 0 Å². The third-order valence-corrected chi connectivity index (χ3v) is 5.80. The van der Waals surface area contributed by atoms with Crippen molar-refractivity contribution in [2.75, 3.05) is 0 Å². The quantitative estimate of drug-likeness (QED) is 0.605. The van der Waals surface area contributed by atoms with Gasteiger partial charge in [-0.1, -0.05) is 12.1 Å². The molecule has 4 saturated carbocycles. The molecule has 4 aliphatic carbocycles. The van der Waals surface area contributed by atoms with Crippen molar-refractivity contribution in [2.45, 2.75) is 43.9 Å². The number of hydrogen-bond donors (Lipinski definition) is 1. The summed E-state index contributed by atoms with van der Waals surface area (Å²) in [5.74, 6) is 3.11. The molecule has 4 fully saturated rings. The van der Waals surface area contributed by atoms with Gasteiger partial charge in [-0.3, -0.25) is 0 Å². The van der Waals surface area contributed by atoms with Crippen LogP contribution < -0.4 is 5.32 Å². The Morgan fingerprint density at radius 1 is 0.889 bits per heavy atom. The smallest absolute Gasteiger partial charge is 0.103 e. The van der Waals surface area contributed by atoms with Crippen molar-refractivity contribution in [1.82, 2.24) is 0 Å². The van der Waals surface area contributed by atoms with Crippen LogP contribution in [0, 0.1) is 24.8 Å². The summed E-state index contributed by atoms with van der Waals surface area (Å²) in [6.45, 7) is 0. The first-order valence-corrected chi connectivity index (χ1v) is 7.50. The fourth-order valence-corrected chi connectivity index (χ4v) is 5.44. The summed E-state index contributed by atoms with van der Waals surface area (Å²) in [7, 11) is 3.85. The molecule has 1 aromatic rings. The van der Waals surface area contributed by atoms with E-state index < -0.39 is 0 Å². The SMILES string of the molecule is [CH2-][NH2+]c1ccc(C23CC4CC(CC(C4)C2)C3)cc1. The lowest BCUT2D eigenvalue weighted by Gasteiger charge is -2.57. The molecule has 0 aromatic heterocycles. The zero-order valence-electron chi connectivity index (χ0n) is 11.1. The summed E-state index contributed by atoms with van der Waals surface area (Å²) in [6, 6.07) is 9.26. The lowest BCUT2D eigenvalue weighted by Crippen LogP contribution is -2.69. The van der Waals surface area contributed by atoms with Crippen LogP contribution in [0.1, 0.15) is 44.1 Å². The van der Waals surface area contributed by atoms with Crippen molar-refractivity contribution in [3.05, 3.63) is 36.9 Å². The first-order valence-electron chi connectivity index (χ1n) is 7.50. The van der Waals surface area contributed by atoms with Crippen molar-refractivity contribution in [3.8, 4) is 0 Å². The minimum atomic E-state index is 0.550. The normalized spacial score (nSPS) is 41.3. The summed E-state index contributed by atoms with van der Waals surface area (Å²) in [5, 5.41) is 1.95. The van der Waals surface area contributed by atoms with Crippen LogP contribution in [0.15, 0.2) is 24.3 Å². The highest BCUT2D eigenvalue weighted by molar-refractivity contribution is 5.37. The molecule has 4 aliphatic rings. The molecular formula is C17H23N. The van der Waals surface area contributed by atoms with E-state index in [1.807, 2.05) is 5.32 Å². The van der Waals surface area contributed by atoms with Gasteiger partial charge in [0.05, 0.1) is 0 Å². The van der Waals surface area contributed by atoms with Gasteiger partial charge in [-0.05, 0) is 79.4 Å². The molecule has 5 rings (SSSR count). The average molecular weight is 241 g/mol. The molecule has 1 heteroatoms. The maximum absolute atomic E-state index is 3.85. The molecule has 0 heterocycles. The molecule has 18 heavy (non-hydrogen) atoms. The standard InChI is InChI=1S/C17H23N/c1-18-16-4-2-15(3-5-16)17-9-12-6-13(10-17)8-14(7-12)11-17/h2-5,12-14H,1,6-11,18H2. The minimum absolute atomic E-state index is 0.550. The Kier molecular flexibility index (Phi) is 2.35. The van der Waals surface area contributed by atoms with Crippen LogP contribution in [-0.4, -0.2) is 0 Å². The third kappa shape index (κ3) is 1.56. The Hall–Kier alpha value is -0.820. The van der Waals surface area contributed by atoms with Gasteiger partial charge in [-0.25, -0.2) is 0 Å². The second-order valence-electron chi connectivity index (χ2n) is 7.02. The third-order valence-electron chi connectivity index (χ3n) is 5.80. The predicted octanol–water partition coefficient (Wildman–Crippen LogP) is 3.14. The van der Waals surface area contributed by atoms with Gasteiger partial charge in [0.15, 0.2) is 0 Å². The number of hydrogen-bond acceptors (Lipinski definition) is 0. The number of nitrogens with two attached hydrogens (primary N) is 1. The van der Waals surface area contributed by atoms with Crippen LogP contribution in [0.5, 0.6) is 0 Å². The molecule has 0 amide bonds. The van der Waals surface area contributed by atoms with Crippen LogP contribution in [0.3, 0.4) is 0 Å². The summed E-state index contributed by atoms with van der Waals surface area (Å²) < 4.78 is 0. The highest BCUT2D eigenvalue weighted by atomic mass is 14.8. The van der Waals surface area contributed by atoms with Crippen molar-refractivity contribution in [1.29, 1.82) is 0 Å². The van der Waals surface area contributed by atoms with E-state index in [1.54, 1.807) is 5.56 Å². The van der Waals surface area contributed by atoms with Crippen LogP contribution in [0.4, 0.5) is 5.69 Å². The van der Waals surface area contributed by atoms with Gasteiger partial charge in [-0.15, -0.1) is 7.05 Å². The number of rotatable bonds is 2. The van der Waals surface area contributed by atoms with Gasteiger partial charge in [0.25, 0.3) is 0 Å². The van der Waals surface area contributed by atoms with Gasteiger partial charge in [0, 0.05) is 0 Å². The highest BCUT2D eigenvalue weighted by Crippen LogP contribution is 2.60. The molecule has 0 spiro atoms. The molecule has 0 atom stereocenters. The average Bonchev–Trinajstić information content (AvgIpc) is 2.37. The van der Waals surface area contributed by atoms with E-state index in [2.05, 4.69) is 31.3 Å². The largest absolute Gasteiger partial charge is 0.446 e. The van der Waals surface area contributed by atoms with Gasteiger partial charge in [0.2, 0.25) is 0 Å². The zero-order valence-corrected chi connectivity index (χ0v) is 11.1. The second kappa shape index (κ2) is 3.84. The maximum Gasteiger partial charge on any atom is 0.103 e. The Morgan fingerprint density at radius 3 is 1.83 bits per heavy atom. The molecule has 4 bridgehead atoms. The molecule has 2 N–H and O–H groups in total. The molecule has 1 aromatic carbocycles. The van der Waals surface area contributed by atoms with E-state index in [9.17, 15) is 0 Å². The zero-order chi connectivity index (χ0) is 12.2. The van der Waals surface area contributed by atoms with E-state index in [1.165, 1.54) is 44.2 Å². The summed E-state index contributed by atoms with van der Waals surface area (Å²) in [4.78, 5) is 0. The Morgan fingerprint density at radius 2 is 1.39 bits per heavy atom. The predicted molar refractivity (Wildman–Crippen MR) is 73.2 cm³/mol. The molecule has 0 unspecified atom stereocenters. The van der Waals surface area contributed by atoms with Crippen molar-refractivity contribution < 1.29 is 5.32 Å². The molecule has 96 valence electrons. The number of quaternary nitrogens is 1. The molecule has 1 nitrogen and oxygen atoms in total. The van der Waals surface area contributed by atoms with Crippen molar-refractivity contribution >= 4 is 5.69 Å². The van der Waals surface area contributed by atoms with Crippen LogP contribution in [0.25, 0.3) is 0 Å². The van der Waals surface area contributed by atoms with Crippen molar-refractivity contribution in [3.63, 3.8) is 0 Å². The first kappa shape index (κ1) is 11.0. The topological polar surface area (TPSA) is 16.6 Å². The highest BCUT2D eigenvalue weighted by Gasteiger charge is 2.51. The molecule has 0 radical (unpaired) electrons. The number of benzene rings is 1. The lowest BCUT2D eigenvalue weighted by atomic mass is 9.48. The van der Waals surface area contributed by atoms with E-state index in [-0.39, 0.29) is 0 Å². The maximum atomic E-state index is 3.85. The van der Waals surface area contributed by atoms with E-state index in [0.29, 0.717) is 5.41 Å². The van der Waals surface area contributed by atoms with Gasteiger partial charge < -0.3 is 5.32 Å². The Labute approximate surface area is 110 Å². The monoisotopic (exact) mass is 241 g/mol. The van der Waals surface area contributed by atoms with Gasteiger partial charge in [-0.2, -0.15) is 0 Å². The Balaban J connectivity index is 1.70. The van der Waals surface area contributed by atoms with Gasteiger partial charge >= 0.3 is 0 Å². The molecular weight excluding hydrogens is 218 g/mol. The van der Waals surface area contributed by atoms with Crippen LogP contribution >= 0.6 is 0 Å². The van der Waals surface area contributed by atoms with Crippen LogP contribution in [0.2, 0.25) is 0 Å². The first-order chi connectivity index (χ1) is 8.77.